The normalized spacial score (nSPS) is 31.4. The standard InChI is InChI=1S/C16H22FN/c1-10-8-11(2)16(13(17)9-10)15-7-6-12-4-3-5-14(12)18-15/h8-9,12,14-15,18H,3-7H2,1-2H3. The molecule has 1 N–H and O–H groups in total. The molecule has 98 valence electrons. The number of nitrogens with one attached hydrogen (secondary N) is 1. The van der Waals surface area contributed by atoms with Crippen LogP contribution in [0.5, 0.6) is 0 Å². The second kappa shape index (κ2) is 4.65. The van der Waals surface area contributed by atoms with Gasteiger partial charge in [-0.2, -0.15) is 0 Å². The van der Waals surface area contributed by atoms with Crippen molar-refractivity contribution in [3.8, 4) is 0 Å². The average molecular weight is 247 g/mol. The van der Waals surface area contributed by atoms with Crippen LogP contribution in [0.4, 0.5) is 4.39 Å². The molecule has 3 rings (SSSR count). The van der Waals surface area contributed by atoms with E-state index in [1.807, 2.05) is 13.8 Å². The lowest BCUT2D eigenvalue weighted by Crippen LogP contribution is -2.40. The van der Waals surface area contributed by atoms with E-state index < -0.39 is 0 Å². The summed E-state index contributed by atoms with van der Waals surface area (Å²) in [7, 11) is 0. The Morgan fingerprint density at radius 3 is 2.72 bits per heavy atom. The monoisotopic (exact) mass is 247 g/mol. The van der Waals surface area contributed by atoms with Crippen molar-refractivity contribution < 1.29 is 4.39 Å². The van der Waals surface area contributed by atoms with Gasteiger partial charge in [0.25, 0.3) is 0 Å². The average Bonchev–Trinajstić information content (AvgIpc) is 2.74. The van der Waals surface area contributed by atoms with E-state index in [0.29, 0.717) is 6.04 Å². The van der Waals surface area contributed by atoms with Gasteiger partial charge in [-0.1, -0.05) is 12.5 Å². The Morgan fingerprint density at radius 1 is 1.11 bits per heavy atom. The number of rotatable bonds is 1. The Labute approximate surface area is 109 Å². The molecule has 1 aromatic carbocycles. The summed E-state index contributed by atoms with van der Waals surface area (Å²) >= 11 is 0. The minimum absolute atomic E-state index is 0.0264. The van der Waals surface area contributed by atoms with Crippen LogP contribution in [-0.4, -0.2) is 6.04 Å². The van der Waals surface area contributed by atoms with Crippen LogP contribution in [0.1, 0.15) is 54.8 Å². The summed E-state index contributed by atoms with van der Waals surface area (Å²) in [4.78, 5) is 0. The number of aryl methyl sites for hydroxylation is 2. The van der Waals surface area contributed by atoms with Crippen LogP contribution in [0.2, 0.25) is 0 Å². The fourth-order valence-corrected chi connectivity index (χ4v) is 3.92. The molecule has 0 aromatic heterocycles. The molecule has 3 unspecified atom stereocenters. The first-order chi connectivity index (χ1) is 8.65. The number of hydrogen-bond donors (Lipinski definition) is 1. The first kappa shape index (κ1) is 12.2. The summed E-state index contributed by atoms with van der Waals surface area (Å²) in [5.41, 5.74) is 3.02. The van der Waals surface area contributed by atoms with E-state index in [9.17, 15) is 4.39 Å². The predicted octanol–water partition coefficient (Wildman–Crippen LogP) is 4.04. The number of fused-ring (bicyclic) bond motifs is 1. The highest BCUT2D eigenvalue weighted by Crippen LogP contribution is 2.39. The van der Waals surface area contributed by atoms with Gasteiger partial charge in [0, 0.05) is 17.6 Å². The lowest BCUT2D eigenvalue weighted by atomic mass is 9.85. The third-order valence-corrected chi connectivity index (χ3v) is 4.73. The molecular weight excluding hydrogens is 225 g/mol. The summed E-state index contributed by atoms with van der Waals surface area (Å²) in [5, 5.41) is 3.69. The Kier molecular flexibility index (Phi) is 3.14. The van der Waals surface area contributed by atoms with Crippen LogP contribution in [0, 0.1) is 25.6 Å². The summed E-state index contributed by atoms with van der Waals surface area (Å²) in [6.07, 6.45) is 6.31. The maximum atomic E-state index is 14.2. The fraction of sp³-hybridized carbons (Fsp3) is 0.625. The van der Waals surface area contributed by atoms with Gasteiger partial charge in [-0.25, -0.2) is 4.39 Å². The third kappa shape index (κ3) is 2.07. The molecule has 3 atom stereocenters. The van der Waals surface area contributed by atoms with Crippen molar-refractivity contribution >= 4 is 0 Å². The molecule has 2 heteroatoms. The smallest absolute Gasteiger partial charge is 0.128 e. The van der Waals surface area contributed by atoms with Gasteiger partial charge in [-0.3, -0.25) is 0 Å². The van der Waals surface area contributed by atoms with Gasteiger partial charge < -0.3 is 5.32 Å². The molecule has 0 amide bonds. The van der Waals surface area contributed by atoms with Crippen LogP contribution in [0.15, 0.2) is 12.1 Å². The molecule has 0 radical (unpaired) electrons. The van der Waals surface area contributed by atoms with Gasteiger partial charge in [0.1, 0.15) is 5.82 Å². The molecule has 1 saturated heterocycles. The summed E-state index contributed by atoms with van der Waals surface area (Å²) in [6, 6.07) is 4.62. The lowest BCUT2D eigenvalue weighted by molar-refractivity contribution is 0.257. The number of halogens is 1. The summed E-state index contributed by atoms with van der Waals surface area (Å²) in [6.45, 7) is 4.00. The Balaban J connectivity index is 1.87. The maximum absolute atomic E-state index is 14.2. The van der Waals surface area contributed by atoms with E-state index >= 15 is 0 Å². The molecule has 1 saturated carbocycles. The van der Waals surface area contributed by atoms with Crippen molar-refractivity contribution in [3.05, 3.63) is 34.6 Å². The fourth-order valence-electron chi connectivity index (χ4n) is 3.92. The molecule has 1 heterocycles. The molecule has 1 aliphatic carbocycles. The highest BCUT2D eigenvalue weighted by Gasteiger charge is 2.34. The first-order valence-corrected chi connectivity index (χ1v) is 7.18. The van der Waals surface area contributed by atoms with Gasteiger partial charge in [-0.15, -0.1) is 0 Å². The maximum Gasteiger partial charge on any atom is 0.128 e. The summed E-state index contributed by atoms with van der Waals surface area (Å²) in [5.74, 6) is 0.816. The van der Waals surface area contributed by atoms with E-state index in [4.69, 9.17) is 0 Å². The second-order valence-corrected chi connectivity index (χ2v) is 6.07. The zero-order valence-corrected chi connectivity index (χ0v) is 11.3. The molecule has 1 nitrogen and oxygen atoms in total. The van der Waals surface area contributed by atoms with Gasteiger partial charge in [0.15, 0.2) is 0 Å². The van der Waals surface area contributed by atoms with Crippen LogP contribution >= 0.6 is 0 Å². The van der Waals surface area contributed by atoms with Crippen molar-refractivity contribution in [2.75, 3.05) is 0 Å². The Bertz CT molecular complexity index is 431. The van der Waals surface area contributed by atoms with Crippen molar-refractivity contribution in [1.82, 2.24) is 5.32 Å². The third-order valence-electron chi connectivity index (χ3n) is 4.73. The Morgan fingerprint density at radius 2 is 1.94 bits per heavy atom. The minimum atomic E-state index is -0.0264. The minimum Gasteiger partial charge on any atom is -0.307 e. The van der Waals surface area contributed by atoms with Crippen LogP contribution in [0.3, 0.4) is 0 Å². The van der Waals surface area contributed by atoms with Crippen molar-refractivity contribution in [2.24, 2.45) is 5.92 Å². The SMILES string of the molecule is Cc1cc(C)c(C2CCC3CCCC3N2)c(F)c1. The van der Waals surface area contributed by atoms with Gasteiger partial charge in [0.05, 0.1) is 0 Å². The number of benzene rings is 1. The van der Waals surface area contributed by atoms with E-state index in [2.05, 4.69) is 11.4 Å². The van der Waals surface area contributed by atoms with E-state index in [0.717, 1.165) is 29.0 Å². The molecule has 2 fully saturated rings. The van der Waals surface area contributed by atoms with Crippen molar-refractivity contribution in [2.45, 2.75) is 58.0 Å². The largest absolute Gasteiger partial charge is 0.307 e. The van der Waals surface area contributed by atoms with Gasteiger partial charge in [-0.05, 0) is 62.6 Å². The molecule has 2 aliphatic rings. The number of piperidine rings is 1. The van der Waals surface area contributed by atoms with E-state index in [-0.39, 0.29) is 11.9 Å². The first-order valence-electron chi connectivity index (χ1n) is 7.18. The van der Waals surface area contributed by atoms with Crippen LogP contribution < -0.4 is 5.32 Å². The molecular formula is C16H22FN. The van der Waals surface area contributed by atoms with Gasteiger partial charge in [0.2, 0.25) is 0 Å². The van der Waals surface area contributed by atoms with Crippen LogP contribution in [0.25, 0.3) is 0 Å². The van der Waals surface area contributed by atoms with Gasteiger partial charge >= 0.3 is 0 Å². The van der Waals surface area contributed by atoms with Crippen molar-refractivity contribution in [1.29, 1.82) is 0 Å². The molecule has 18 heavy (non-hydrogen) atoms. The van der Waals surface area contributed by atoms with Crippen molar-refractivity contribution in [3.63, 3.8) is 0 Å². The second-order valence-electron chi connectivity index (χ2n) is 6.07. The Hall–Kier alpha value is -0.890. The van der Waals surface area contributed by atoms with Crippen LogP contribution in [-0.2, 0) is 0 Å². The quantitative estimate of drug-likeness (QED) is 0.790. The zero-order valence-electron chi connectivity index (χ0n) is 11.3. The molecule has 1 aromatic rings. The predicted molar refractivity (Wildman–Crippen MR) is 72.1 cm³/mol. The zero-order chi connectivity index (χ0) is 12.7. The molecule has 0 bridgehead atoms. The molecule has 0 spiro atoms. The van der Waals surface area contributed by atoms with E-state index in [1.165, 1.54) is 25.7 Å². The summed E-state index contributed by atoms with van der Waals surface area (Å²) < 4.78 is 14.2. The highest BCUT2D eigenvalue weighted by atomic mass is 19.1. The highest BCUT2D eigenvalue weighted by molar-refractivity contribution is 5.34. The number of hydrogen-bond acceptors (Lipinski definition) is 1. The lowest BCUT2D eigenvalue weighted by Gasteiger charge is -2.34. The van der Waals surface area contributed by atoms with E-state index in [1.54, 1.807) is 6.07 Å². The topological polar surface area (TPSA) is 12.0 Å². The molecule has 1 aliphatic heterocycles.